The van der Waals surface area contributed by atoms with E-state index in [9.17, 15) is 20.4 Å². The smallest absolute Gasteiger partial charge is 0.227 e. The summed E-state index contributed by atoms with van der Waals surface area (Å²) in [6.07, 6.45) is -1.99. The van der Waals surface area contributed by atoms with Crippen molar-refractivity contribution in [2.75, 3.05) is 0 Å². The molecule has 8 nitrogen and oxygen atoms in total. The predicted molar refractivity (Wildman–Crippen MR) is 41.8 cm³/mol. The van der Waals surface area contributed by atoms with Gasteiger partial charge in [-0.2, -0.15) is 0 Å². The number of aliphatic hydroxyl groups excluding tert-OH is 1. The highest BCUT2D eigenvalue weighted by Gasteiger charge is 2.88. The van der Waals surface area contributed by atoms with Crippen LogP contribution in [-0.4, -0.2) is 54.2 Å². The van der Waals surface area contributed by atoms with Crippen molar-refractivity contribution < 1.29 is 30.6 Å². The van der Waals surface area contributed by atoms with Crippen molar-refractivity contribution >= 4 is 0 Å². The van der Waals surface area contributed by atoms with Crippen LogP contribution in [0.3, 0.4) is 0 Å². The topological polar surface area (TPSA) is 173 Å². The molecule has 0 saturated heterocycles. The fourth-order valence-corrected chi connectivity index (χ4v) is 1.63. The molecule has 1 unspecified atom stereocenters. The van der Waals surface area contributed by atoms with Gasteiger partial charge in [0.15, 0.2) is 0 Å². The quantitative estimate of drug-likeness (QED) is 0.199. The number of rotatable bonds is 1. The molecule has 10 N–H and O–H groups in total. The second-order valence-electron chi connectivity index (χ2n) is 3.76. The van der Waals surface area contributed by atoms with Crippen molar-refractivity contribution in [3.63, 3.8) is 0 Å². The maximum Gasteiger partial charge on any atom is 0.227 e. The van der Waals surface area contributed by atoms with Crippen LogP contribution in [0.2, 0.25) is 0 Å². The van der Waals surface area contributed by atoms with Gasteiger partial charge in [-0.15, -0.1) is 0 Å². The minimum atomic E-state index is -3.11. The van der Waals surface area contributed by atoms with Crippen LogP contribution in [0, 0.1) is 5.41 Å². The van der Waals surface area contributed by atoms with Gasteiger partial charge in [-0.1, -0.05) is 0 Å². The van der Waals surface area contributed by atoms with Gasteiger partial charge in [-0.25, -0.2) is 0 Å². The Bertz CT molecular complexity index is 243. The molecule has 0 heterocycles. The molecule has 1 aliphatic rings. The van der Waals surface area contributed by atoms with Crippen molar-refractivity contribution in [2.24, 2.45) is 16.9 Å². The van der Waals surface area contributed by atoms with Gasteiger partial charge >= 0.3 is 0 Å². The Morgan fingerprint density at radius 3 is 1.43 bits per heavy atom. The zero-order valence-corrected chi connectivity index (χ0v) is 7.42. The summed E-state index contributed by atoms with van der Waals surface area (Å²) in [4.78, 5) is 0. The molecular weight excluding hydrogens is 196 g/mol. The van der Waals surface area contributed by atoms with Crippen molar-refractivity contribution in [3.05, 3.63) is 0 Å². The molecule has 0 radical (unpaired) electrons. The van der Waals surface area contributed by atoms with Crippen LogP contribution in [0.4, 0.5) is 0 Å². The van der Waals surface area contributed by atoms with Crippen LogP contribution >= 0.6 is 0 Å². The molecule has 1 fully saturated rings. The van der Waals surface area contributed by atoms with Crippen molar-refractivity contribution in [3.8, 4) is 0 Å². The predicted octanol–water partition coefficient (Wildman–Crippen LogP) is -4.71. The van der Waals surface area contributed by atoms with Crippen LogP contribution in [-0.2, 0) is 0 Å². The van der Waals surface area contributed by atoms with E-state index in [4.69, 9.17) is 21.7 Å². The Balaban J connectivity index is 3.25. The fourth-order valence-electron chi connectivity index (χ4n) is 1.63. The first kappa shape index (κ1) is 11.8. The van der Waals surface area contributed by atoms with Crippen LogP contribution in [0.25, 0.3) is 0 Å². The van der Waals surface area contributed by atoms with E-state index in [0.717, 1.165) is 6.92 Å². The van der Waals surface area contributed by atoms with E-state index in [0.29, 0.717) is 0 Å². The van der Waals surface area contributed by atoms with E-state index < -0.39 is 28.9 Å². The van der Waals surface area contributed by atoms with Gasteiger partial charge in [-0.05, 0) is 6.92 Å². The molecule has 0 spiro atoms. The molecule has 1 rings (SSSR count). The molecule has 1 aliphatic carbocycles. The molecule has 0 aromatic rings. The Kier molecular flexibility index (Phi) is 2.04. The highest BCUT2D eigenvalue weighted by molar-refractivity contribution is 5.25. The lowest BCUT2D eigenvalue weighted by atomic mass is 9.52. The van der Waals surface area contributed by atoms with E-state index >= 15 is 0 Å². The monoisotopic (exact) mass is 210 g/mol. The Labute approximate surface area is 79.0 Å². The average Bonchev–Trinajstić information content (AvgIpc) is 2.00. The molecule has 1 saturated carbocycles. The normalized spacial score (nSPS) is 46.9. The highest BCUT2D eigenvalue weighted by Crippen LogP contribution is 2.59. The third kappa shape index (κ3) is 0.767. The summed E-state index contributed by atoms with van der Waals surface area (Å²) in [5.74, 6) is -6.23. The van der Waals surface area contributed by atoms with Gasteiger partial charge in [0.1, 0.15) is 11.6 Å². The SMILES string of the molecule is CC1(C(N)O)C(O)(O)C(N)(O)C1(O)O. The second kappa shape index (κ2) is 2.43. The molecule has 0 aromatic heterocycles. The first-order valence-electron chi connectivity index (χ1n) is 3.79. The Morgan fingerprint density at radius 1 is 1.00 bits per heavy atom. The summed E-state index contributed by atoms with van der Waals surface area (Å²) in [5.41, 5.74) is 4.37. The third-order valence-corrected chi connectivity index (χ3v) is 3.10. The van der Waals surface area contributed by atoms with E-state index in [1.807, 2.05) is 0 Å². The van der Waals surface area contributed by atoms with Crippen molar-refractivity contribution in [1.29, 1.82) is 0 Å². The van der Waals surface area contributed by atoms with E-state index in [1.54, 1.807) is 0 Å². The molecule has 14 heavy (non-hydrogen) atoms. The molecule has 84 valence electrons. The van der Waals surface area contributed by atoms with Crippen molar-refractivity contribution in [1.82, 2.24) is 0 Å². The summed E-state index contributed by atoms with van der Waals surface area (Å²) in [6.45, 7) is 0.860. The lowest BCUT2D eigenvalue weighted by Gasteiger charge is -2.67. The van der Waals surface area contributed by atoms with Crippen molar-refractivity contribution in [2.45, 2.75) is 30.5 Å². The number of hydrogen-bond donors (Lipinski definition) is 8. The summed E-state index contributed by atoms with van der Waals surface area (Å²) in [7, 11) is 0. The lowest BCUT2D eigenvalue weighted by Crippen LogP contribution is -2.96. The molecule has 0 bridgehead atoms. The minimum absolute atomic E-state index is 0.860. The number of hydrogen-bond acceptors (Lipinski definition) is 8. The standard InChI is InChI=1S/C6H14N2O6/c1-3(2(7)9)5(11,12)4(8,10)6(3,13)14/h2,9-14H,7-8H2,1H3. The molecule has 0 aliphatic heterocycles. The third-order valence-electron chi connectivity index (χ3n) is 3.10. The first-order chi connectivity index (χ1) is 5.94. The molecular formula is C6H14N2O6. The zero-order chi connectivity index (χ0) is 11.6. The largest absolute Gasteiger partial charge is 0.378 e. The lowest BCUT2D eigenvalue weighted by molar-refractivity contribution is -0.546. The number of nitrogens with two attached hydrogens (primary N) is 2. The summed E-state index contributed by atoms with van der Waals surface area (Å²) >= 11 is 0. The van der Waals surface area contributed by atoms with Gasteiger partial charge in [0.2, 0.25) is 17.3 Å². The first-order valence-corrected chi connectivity index (χ1v) is 3.79. The van der Waals surface area contributed by atoms with Gasteiger partial charge < -0.3 is 36.4 Å². The molecule has 8 heteroatoms. The summed E-state index contributed by atoms with van der Waals surface area (Å²) < 4.78 is 0. The second-order valence-corrected chi connectivity index (χ2v) is 3.76. The Morgan fingerprint density at radius 2 is 1.29 bits per heavy atom. The summed E-state index contributed by atoms with van der Waals surface area (Å²) in [6, 6.07) is 0. The highest BCUT2D eigenvalue weighted by atomic mass is 16.6. The van der Waals surface area contributed by atoms with Crippen LogP contribution in [0.1, 0.15) is 6.92 Å². The Hall–Kier alpha value is -0.320. The van der Waals surface area contributed by atoms with Crippen LogP contribution < -0.4 is 11.5 Å². The van der Waals surface area contributed by atoms with E-state index in [1.165, 1.54) is 0 Å². The van der Waals surface area contributed by atoms with Crippen LogP contribution in [0.5, 0.6) is 0 Å². The van der Waals surface area contributed by atoms with Gasteiger partial charge in [0.25, 0.3) is 0 Å². The molecule has 0 aromatic carbocycles. The van der Waals surface area contributed by atoms with Gasteiger partial charge in [0.05, 0.1) is 0 Å². The van der Waals surface area contributed by atoms with Gasteiger partial charge in [-0.3, -0.25) is 5.73 Å². The van der Waals surface area contributed by atoms with E-state index in [-0.39, 0.29) is 0 Å². The average molecular weight is 210 g/mol. The summed E-state index contributed by atoms with van der Waals surface area (Å²) in [5, 5.41) is 55.3. The fraction of sp³-hybridized carbons (Fsp3) is 1.00. The maximum absolute atomic E-state index is 9.29. The number of aliphatic hydroxyl groups is 6. The molecule has 0 amide bonds. The minimum Gasteiger partial charge on any atom is -0.378 e. The molecule has 1 atom stereocenters. The van der Waals surface area contributed by atoms with Gasteiger partial charge in [0, 0.05) is 0 Å². The van der Waals surface area contributed by atoms with Crippen LogP contribution in [0.15, 0.2) is 0 Å². The van der Waals surface area contributed by atoms with E-state index in [2.05, 4.69) is 0 Å². The zero-order valence-electron chi connectivity index (χ0n) is 7.42. The maximum atomic E-state index is 9.29.